The summed E-state index contributed by atoms with van der Waals surface area (Å²) >= 11 is 0. The molecule has 2 amide bonds. The second-order valence-electron chi connectivity index (χ2n) is 7.85. The molecule has 2 heterocycles. The fraction of sp³-hybridized carbons (Fsp3) is 0.417. The van der Waals surface area contributed by atoms with E-state index in [1.165, 1.54) is 5.56 Å². The molecule has 164 valence electrons. The first-order chi connectivity index (χ1) is 15.2. The summed E-state index contributed by atoms with van der Waals surface area (Å²) in [5.41, 5.74) is 3.07. The van der Waals surface area contributed by atoms with Crippen LogP contribution in [0.2, 0.25) is 0 Å². The number of hydrogen-bond donors (Lipinski definition) is 1. The molecule has 0 saturated carbocycles. The Bertz CT molecular complexity index is 911. The third-order valence-corrected chi connectivity index (χ3v) is 5.59. The molecule has 31 heavy (non-hydrogen) atoms. The van der Waals surface area contributed by atoms with Gasteiger partial charge in [-0.1, -0.05) is 36.4 Å². The minimum absolute atomic E-state index is 0.0570. The number of para-hydroxylation sites is 2. The first kappa shape index (κ1) is 21.3. The van der Waals surface area contributed by atoms with Gasteiger partial charge in [-0.15, -0.1) is 0 Å². The first-order valence-electron chi connectivity index (χ1n) is 10.9. The molecule has 7 heteroatoms. The third kappa shape index (κ3) is 5.83. The van der Waals surface area contributed by atoms with Crippen LogP contribution in [0.3, 0.4) is 0 Å². The van der Waals surface area contributed by atoms with Crippen molar-refractivity contribution in [3.63, 3.8) is 0 Å². The summed E-state index contributed by atoms with van der Waals surface area (Å²) < 4.78 is 11.0. The predicted octanol–water partition coefficient (Wildman–Crippen LogP) is 2.34. The van der Waals surface area contributed by atoms with Crippen molar-refractivity contribution < 1.29 is 19.1 Å². The molecule has 0 spiro atoms. The highest BCUT2D eigenvalue weighted by molar-refractivity contribution is 5.97. The van der Waals surface area contributed by atoms with Crippen molar-refractivity contribution in [1.82, 2.24) is 10.2 Å². The summed E-state index contributed by atoms with van der Waals surface area (Å²) in [4.78, 5) is 29.1. The van der Waals surface area contributed by atoms with Crippen LogP contribution >= 0.6 is 0 Å². The van der Waals surface area contributed by atoms with E-state index in [2.05, 4.69) is 22.3 Å². The number of fused-ring (bicyclic) bond motifs is 1. The molecule has 0 aliphatic carbocycles. The SMILES string of the molecule is O=C(CCC(=O)N1CCOc2ccccc21)NCc1cccc(CN2CCOCC2)c1. The van der Waals surface area contributed by atoms with Crippen LogP contribution in [0, 0.1) is 0 Å². The summed E-state index contributed by atoms with van der Waals surface area (Å²) in [6.07, 6.45) is 0.350. The molecule has 7 nitrogen and oxygen atoms in total. The molecule has 2 aliphatic heterocycles. The number of carbonyl (C=O) groups is 2. The maximum Gasteiger partial charge on any atom is 0.227 e. The Morgan fingerprint density at radius 2 is 1.71 bits per heavy atom. The lowest BCUT2D eigenvalue weighted by molar-refractivity contribution is -0.125. The average Bonchev–Trinajstić information content (AvgIpc) is 2.82. The molecule has 0 aromatic heterocycles. The highest BCUT2D eigenvalue weighted by Gasteiger charge is 2.23. The van der Waals surface area contributed by atoms with E-state index in [1.807, 2.05) is 36.4 Å². The van der Waals surface area contributed by atoms with Crippen LogP contribution in [0.4, 0.5) is 5.69 Å². The van der Waals surface area contributed by atoms with Gasteiger partial charge in [0.1, 0.15) is 12.4 Å². The second-order valence-corrected chi connectivity index (χ2v) is 7.85. The topological polar surface area (TPSA) is 71.1 Å². The van der Waals surface area contributed by atoms with Crippen molar-refractivity contribution in [2.24, 2.45) is 0 Å². The minimum atomic E-state index is -0.117. The number of hydrogen-bond acceptors (Lipinski definition) is 5. The molecule has 0 radical (unpaired) electrons. The summed E-state index contributed by atoms with van der Waals surface area (Å²) in [5, 5.41) is 2.94. The van der Waals surface area contributed by atoms with Crippen molar-refractivity contribution in [2.45, 2.75) is 25.9 Å². The molecule has 0 unspecified atom stereocenters. The number of benzene rings is 2. The van der Waals surface area contributed by atoms with Crippen LogP contribution in [-0.2, 0) is 27.4 Å². The fourth-order valence-electron chi connectivity index (χ4n) is 3.93. The van der Waals surface area contributed by atoms with Gasteiger partial charge in [-0.3, -0.25) is 14.5 Å². The molecule has 0 bridgehead atoms. The van der Waals surface area contributed by atoms with E-state index in [-0.39, 0.29) is 24.7 Å². The Balaban J connectivity index is 1.23. The van der Waals surface area contributed by atoms with Crippen LogP contribution in [-0.4, -0.2) is 56.2 Å². The Labute approximate surface area is 182 Å². The van der Waals surface area contributed by atoms with Crippen LogP contribution < -0.4 is 15.0 Å². The van der Waals surface area contributed by atoms with Gasteiger partial charge < -0.3 is 19.7 Å². The average molecular weight is 424 g/mol. The van der Waals surface area contributed by atoms with Gasteiger partial charge in [0.05, 0.1) is 25.4 Å². The Morgan fingerprint density at radius 1 is 0.903 bits per heavy atom. The van der Waals surface area contributed by atoms with Crippen LogP contribution in [0.25, 0.3) is 0 Å². The number of nitrogens with one attached hydrogen (secondary N) is 1. The monoisotopic (exact) mass is 423 g/mol. The number of morpholine rings is 1. The third-order valence-electron chi connectivity index (χ3n) is 5.59. The normalized spacial score (nSPS) is 16.3. The van der Waals surface area contributed by atoms with Crippen molar-refractivity contribution in [3.8, 4) is 5.75 Å². The Hall–Kier alpha value is -2.90. The van der Waals surface area contributed by atoms with E-state index >= 15 is 0 Å². The molecule has 4 rings (SSSR count). The molecular weight excluding hydrogens is 394 g/mol. The smallest absolute Gasteiger partial charge is 0.227 e. The zero-order chi connectivity index (χ0) is 21.5. The molecule has 2 aromatic carbocycles. The number of amides is 2. The maximum absolute atomic E-state index is 12.7. The Morgan fingerprint density at radius 3 is 2.58 bits per heavy atom. The number of nitrogens with zero attached hydrogens (tertiary/aromatic N) is 2. The predicted molar refractivity (Wildman–Crippen MR) is 118 cm³/mol. The fourth-order valence-corrected chi connectivity index (χ4v) is 3.93. The summed E-state index contributed by atoms with van der Waals surface area (Å²) in [5.74, 6) is 0.537. The standard InChI is InChI=1S/C24H29N3O4/c28-23(8-9-24(29)27-12-15-31-22-7-2-1-6-21(22)27)25-17-19-4-3-5-20(16-19)18-26-10-13-30-14-11-26/h1-7,16H,8-15,17-18H2,(H,25,28). The quantitative estimate of drug-likeness (QED) is 0.740. The van der Waals surface area contributed by atoms with E-state index in [0.29, 0.717) is 25.4 Å². The van der Waals surface area contributed by atoms with Gasteiger partial charge in [0.15, 0.2) is 0 Å². The molecule has 2 aliphatic rings. The Kier molecular flexibility index (Phi) is 7.17. The number of ether oxygens (including phenoxy) is 2. The van der Waals surface area contributed by atoms with E-state index in [1.54, 1.807) is 4.90 Å². The zero-order valence-electron chi connectivity index (χ0n) is 17.7. The lowest BCUT2D eigenvalue weighted by atomic mass is 10.1. The zero-order valence-corrected chi connectivity index (χ0v) is 17.7. The molecule has 1 N–H and O–H groups in total. The van der Waals surface area contributed by atoms with Gasteiger partial charge in [-0.2, -0.15) is 0 Å². The molecule has 1 fully saturated rings. The van der Waals surface area contributed by atoms with Crippen LogP contribution in [0.1, 0.15) is 24.0 Å². The van der Waals surface area contributed by atoms with E-state index < -0.39 is 0 Å². The van der Waals surface area contributed by atoms with Crippen molar-refractivity contribution >= 4 is 17.5 Å². The summed E-state index contributed by atoms with van der Waals surface area (Å²) in [6.45, 7) is 5.79. The number of anilines is 1. The van der Waals surface area contributed by atoms with Crippen molar-refractivity contribution in [2.75, 3.05) is 44.4 Å². The molecule has 1 saturated heterocycles. The molecular formula is C24H29N3O4. The maximum atomic E-state index is 12.7. The molecule has 0 atom stereocenters. The van der Waals surface area contributed by atoms with E-state index in [0.717, 1.165) is 44.1 Å². The second kappa shape index (κ2) is 10.4. The van der Waals surface area contributed by atoms with Gasteiger partial charge in [0.25, 0.3) is 0 Å². The lowest BCUT2D eigenvalue weighted by Gasteiger charge is -2.29. The van der Waals surface area contributed by atoms with Gasteiger partial charge in [0.2, 0.25) is 11.8 Å². The number of carbonyl (C=O) groups excluding carboxylic acids is 2. The van der Waals surface area contributed by atoms with Gasteiger partial charge in [-0.05, 0) is 23.3 Å². The van der Waals surface area contributed by atoms with Crippen molar-refractivity contribution in [3.05, 3.63) is 59.7 Å². The highest BCUT2D eigenvalue weighted by Crippen LogP contribution is 2.31. The molecule has 2 aromatic rings. The van der Waals surface area contributed by atoms with E-state index in [9.17, 15) is 9.59 Å². The summed E-state index contributed by atoms with van der Waals surface area (Å²) in [6, 6.07) is 15.8. The highest BCUT2D eigenvalue weighted by atomic mass is 16.5. The summed E-state index contributed by atoms with van der Waals surface area (Å²) in [7, 11) is 0. The minimum Gasteiger partial charge on any atom is -0.490 e. The van der Waals surface area contributed by atoms with Gasteiger partial charge >= 0.3 is 0 Å². The van der Waals surface area contributed by atoms with Crippen LogP contribution in [0.15, 0.2) is 48.5 Å². The largest absolute Gasteiger partial charge is 0.490 e. The van der Waals surface area contributed by atoms with Gasteiger partial charge in [-0.25, -0.2) is 0 Å². The number of rotatable bonds is 7. The lowest BCUT2D eigenvalue weighted by Crippen LogP contribution is -2.38. The van der Waals surface area contributed by atoms with E-state index in [4.69, 9.17) is 9.47 Å². The van der Waals surface area contributed by atoms with Gasteiger partial charge in [0, 0.05) is 39.0 Å². The van der Waals surface area contributed by atoms with Crippen LogP contribution in [0.5, 0.6) is 5.75 Å². The first-order valence-corrected chi connectivity index (χ1v) is 10.9. The van der Waals surface area contributed by atoms with Crippen molar-refractivity contribution in [1.29, 1.82) is 0 Å².